The zero-order valence-electron chi connectivity index (χ0n) is 12.3. The number of anilines is 3. The number of carbonyl (C=O) groups is 1. The first-order chi connectivity index (χ1) is 11.5. The number of halogens is 2. The van der Waals surface area contributed by atoms with Crippen molar-refractivity contribution in [3.05, 3.63) is 52.5 Å². The smallest absolute Gasteiger partial charge is 0.322 e. The Balaban J connectivity index is 2.01. The molecule has 0 amide bonds. The minimum Gasteiger partial charge on any atom is -0.480 e. The predicted molar refractivity (Wildman–Crippen MR) is 95.4 cm³/mol. The average molecular weight is 363 g/mol. The fourth-order valence-corrected chi connectivity index (χ4v) is 2.50. The van der Waals surface area contributed by atoms with Gasteiger partial charge in [0.25, 0.3) is 0 Å². The highest BCUT2D eigenvalue weighted by Gasteiger charge is 2.11. The van der Waals surface area contributed by atoms with Crippen molar-refractivity contribution in [3.8, 4) is 0 Å². The Kier molecular flexibility index (Phi) is 4.69. The Hall–Kier alpha value is -2.57. The Morgan fingerprint density at radius 2 is 1.88 bits per heavy atom. The molecule has 0 atom stereocenters. The molecule has 0 spiro atoms. The molecule has 3 aromatic rings. The van der Waals surface area contributed by atoms with Crippen molar-refractivity contribution in [1.29, 1.82) is 0 Å². The first-order valence-electron chi connectivity index (χ1n) is 6.98. The summed E-state index contributed by atoms with van der Waals surface area (Å²) < 4.78 is 0. The van der Waals surface area contributed by atoms with Gasteiger partial charge in [-0.15, -0.1) is 0 Å². The number of fused-ring (bicyclic) bond motifs is 1. The van der Waals surface area contributed by atoms with Crippen molar-refractivity contribution in [2.45, 2.75) is 0 Å². The molecule has 0 saturated carbocycles. The molecule has 3 rings (SSSR count). The van der Waals surface area contributed by atoms with E-state index in [0.717, 1.165) is 5.39 Å². The van der Waals surface area contributed by atoms with E-state index in [4.69, 9.17) is 28.3 Å². The summed E-state index contributed by atoms with van der Waals surface area (Å²) in [6.07, 6.45) is 0. The van der Waals surface area contributed by atoms with Gasteiger partial charge in [-0.05, 0) is 24.3 Å². The van der Waals surface area contributed by atoms with E-state index in [1.165, 1.54) is 0 Å². The van der Waals surface area contributed by atoms with Crippen LogP contribution < -0.4 is 10.6 Å². The van der Waals surface area contributed by atoms with Crippen LogP contribution in [-0.4, -0.2) is 27.6 Å². The largest absolute Gasteiger partial charge is 0.480 e. The molecule has 0 aliphatic rings. The molecule has 1 aromatic heterocycles. The predicted octanol–water partition coefficient (Wildman–Crippen LogP) is 4.18. The minimum absolute atomic E-state index is 0.252. The molecule has 0 saturated heterocycles. The molecule has 0 aliphatic heterocycles. The lowest BCUT2D eigenvalue weighted by Gasteiger charge is -2.12. The fraction of sp³-hybridized carbons (Fsp3) is 0.0625. The van der Waals surface area contributed by atoms with Gasteiger partial charge in [0, 0.05) is 5.39 Å². The van der Waals surface area contributed by atoms with E-state index >= 15 is 0 Å². The second-order valence-electron chi connectivity index (χ2n) is 4.89. The van der Waals surface area contributed by atoms with E-state index in [9.17, 15) is 4.79 Å². The van der Waals surface area contributed by atoms with Gasteiger partial charge < -0.3 is 15.7 Å². The number of aromatic nitrogens is 2. The molecule has 8 heteroatoms. The normalized spacial score (nSPS) is 10.6. The van der Waals surface area contributed by atoms with E-state index in [-0.39, 0.29) is 12.5 Å². The molecule has 122 valence electrons. The number of hydrogen-bond acceptors (Lipinski definition) is 5. The Bertz CT molecular complexity index is 918. The molecule has 3 N–H and O–H groups in total. The van der Waals surface area contributed by atoms with Crippen LogP contribution in [0.15, 0.2) is 42.5 Å². The number of nitrogens with one attached hydrogen (secondary N) is 2. The highest BCUT2D eigenvalue weighted by molar-refractivity contribution is 6.43. The Labute approximate surface area is 147 Å². The number of benzene rings is 2. The molecule has 0 fully saturated rings. The fourth-order valence-electron chi connectivity index (χ4n) is 2.15. The minimum atomic E-state index is -0.981. The summed E-state index contributed by atoms with van der Waals surface area (Å²) >= 11 is 12.2. The van der Waals surface area contributed by atoms with Crippen LogP contribution in [0.2, 0.25) is 10.0 Å². The molecule has 6 nitrogen and oxygen atoms in total. The van der Waals surface area contributed by atoms with Crippen molar-refractivity contribution in [2.24, 2.45) is 0 Å². The Morgan fingerprint density at radius 3 is 2.67 bits per heavy atom. The SMILES string of the molecule is O=C(O)CNc1nc(Nc2cccc(Cl)c2Cl)nc2ccccc12. The number of carboxylic acids is 1. The van der Waals surface area contributed by atoms with Gasteiger partial charge in [0.05, 0.1) is 21.2 Å². The summed E-state index contributed by atoms with van der Waals surface area (Å²) in [7, 11) is 0. The molecule has 0 radical (unpaired) electrons. The van der Waals surface area contributed by atoms with E-state index in [2.05, 4.69) is 20.6 Å². The van der Waals surface area contributed by atoms with Crippen molar-refractivity contribution < 1.29 is 9.90 Å². The van der Waals surface area contributed by atoms with Crippen LogP contribution in [0.1, 0.15) is 0 Å². The van der Waals surface area contributed by atoms with Crippen LogP contribution in [0.5, 0.6) is 0 Å². The highest BCUT2D eigenvalue weighted by atomic mass is 35.5. The highest BCUT2D eigenvalue weighted by Crippen LogP contribution is 2.32. The van der Waals surface area contributed by atoms with Crippen molar-refractivity contribution in [1.82, 2.24) is 9.97 Å². The maximum absolute atomic E-state index is 10.8. The maximum Gasteiger partial charge on any atom is 0.322 e. The summed E-state index contributed by atoms with van der Waals surface area (Å²) in [5.74, 6) is -0.278. The molecule has 0 unspecified atom stereocenters. The number of carboxylic acid groups (broad SMARTS) is 1. The summed E-state index contributed by atoms with van der Waals surface area (Å²) in [4.78, 5) is 19.6. The molecule has 24 heavy (non-hydrogen) atoms. The second-order valence-corrected chi connectivity index (χ2v) is 5.67. The van der Waals surface area contributed by atoms with Gasteiger partial charge in [0.1, 0.15) is 12.4 Å². The van der Waals surface area contributed by atoms with E-state index < -0.39 is 5.97 Å². The van der Waals surface area contributed by atoms with Gasteiger partial charge in [-0.2, -0.15) is 4.98 Å². The third-order valence-electron chi connectivity index (χ3n) is 3.21. The lowest BCUT2D eigenvalue weighted by molar-refractivity contribution is -0.134. The monoisotopic (exact) mass is 362 g/mol. The maximum atomic E-state index is 10.8. The third kappa shape index (κ3) is 3.50. The van der Waals surface area contributed by atoms with Crippen molar-refractivity contribution >= 4 is 57.5 Å². The van der Waals surface area contributed by atoms with Gasteiger partial charge in [0.15, 0.2) is 0 Å². The number of rotatable bonds is 5. The quantitative estimate of drug-likeness (QED) is 0.631. The van der Waals surface area contributed by atoms with E-state index in [1.807, 2.05) is 24.3 Å². The molecule has 1 heterocycles. The zero-order chi connectivity index (χ0) is 17.1. The molecular weight excluding hydrogens is 351 g/mol. The van der Waals surface area contributed by atoms with Crippen molar-refractivity contribution in [2.75, 3.05) is 17.2 Å². The lowest BCUT2D eigenvalue weighted by atomic mass is 10.2. The van der Waals surface area contributed by atoms with Gasteiger partial charge in [-0.25, -0.2) is 4.98 Å². The van der Waals surface area contributed by atoms with Crippen LogP contribution in [0.4, 0.5) is 17.5 Å². The number of hydrogen-bond donors (Lipinski definition) is 3. The topological polar surface area (TPSA) is 87.1 Å². The first kappa shape index (κ1) is 16.3. The molecule has 0 aliphatic carbocycles. The zero-order valence-corrected chi connectivity index (χ0v) is 13.8. The molecular formula is C16H12Cl2N4O2. The van der Waals surface area contributed by atoms with Crippen LogP contribution in [-0.2, 0) is 4.79 Å². The van der Waals surface area contributed by atoms with Crippen LogP contribution in [0.3, 0.4) is 0 Å². The van der Waals surface area contributed by atoms with Crippen LogP contribution in [0, 0.1) is 0 Å². The van der Waals surface area contributed by atoms with Crippen LogP contribution >= 0.6 is 23.2 Å². The van der Waals surface area contributed by atoms with E-state index in [1.54, 1.807) is 18.2 Å². The van der Waals surface area contributed by atoms with E-state index in [0.29, 0.717) is 27.1 Å². The Morgan fingerprint density at radius 1 is 1.08 bits per heavy atom. The lowest BCUT2D eigenvalue weighted by Crippen LogP contribution is -2.14. The summed E-state index contributed by atoms with van der Waals surface area (Å²) in [6, 6.07) is 12.5. The summed E-state index contributed by atoms with van der Waals surface area (Å²) in [5, 5.41) is 16.2. The number of para-hydroxylation sites is 1. The first-order valence-corrected chi connectivity index (χ1v) is 7.73. The standard InChI is InChI=1S/C16H12Cl2N4O2/c17-10-5-3-7-12(14(10)18)21-16-20-11-6-2-1-4-9(11)15(22-16)19-8-13(23)24/h1-7H,8H2,(H,23,24)(H2,19,20,21,22). The second kappa shape index (κ2) is 6.90. The van der Waals surface area contributed by atoms with Gasteiger partial charge in [0.2, 0.25) is 5.95 Å². The number of nitrogens with zero attached hydrogens (tertiary/aromatic N) is 2. The third-order valence-corrected chi connectivity index (χ3v) is 4.03. The molecule has 2 aromatic carbocycles. The van der Waals surface area contributed by atoms with Crippen LogP contribution in [0.25, 0.3) is 10.9 Å². The van der Waals surface area contributed by atoms with Gasteiger partial charge in [-0.3, -0.25) is 4.79 Å². The summed E-state index contributed by atoms with van der Waals surface area (Å²) in [6.45, 7) is -0.252. The van der Waals surface area contributed by atoms with Gasteiger partial charge in [-0.1, -0.05) is 41.4 Å². The van der Waals surface area contributed by atoms with Crippen molar-refractivity contribution in [3.63, 3.8) is 0 Å². The summed E-state index contributed by atoms with van der Waals surface area (Å²) in [5.41, 5.74) is 1.23. The molecule has 0 bridgehead atoms. The van der Waals surface area contributed by atoms with Gasteiger partial charge >= 0.3 is 5.97 Å². The average Bonchev–Trinajstić information content (AvgIpc) is 2.57. The number of aliphatic carboxylic acids is 1.